The summed E-state index contributed by atoms with van der Waals surface area (Å²) in [6.07, 6.45) is 1.39. The highest BCUT2D eigenvalue weighted by molar-refractivity contribution is 5.87. The third-order valence-corrected chi connectivity index (χ3v) is 2.04. The summed E-state index contributed by atoms with van der Waals surface area (Å²) >= 11 is 0. The maximum atomic E-state index is 10.5. The number of nitrogens with zero attached hydrogens (tertiary/aromatic N) is 2. The molecule has 0 aliphatic rings. The SMILES string of the molecule is CCN(C)Cc1ccc(C(=O)O)cn1.Cl. The first-order chi connectivity index (χ1) is 6.63. The second-order valence-electron chi connectivity index (χ2n) is 3.17. The van der Waals surface area contributed by atoms with E-state index in [1.165, 1.54) is 6.20 Å². The summed E-state index contributed by atoms with van der Waals surface area (Å²) in [6.45, 7) is 3.75. The molecule has 0 radical (unpaired) electrons. The minimum absolute atomic E-state index is 0. The Balaban J connectivity index is 0.00000196. The Morgan fingerprint density at radius 3 is 2.60 bits per heavy atom. The standard InChI is InChI=1S/C10H14N2O2.ClH/c1-3-12(2)7-9-5-4-8(6-11-9)10(13)14;/h4-6H,3,7H2,1-2H3,(H,13,14);1H. The molecular formula is C10H15ClN2O2. The van der Waals surface area contributed by atoms with Crippen LogP contribution in [0.2, 0.25) is 0 Å². The van der Waals surface area contributed by atoms with Crippen LogP contribution in [0, 0.1) is 0 Å². The van der Waals surface area contributed by atoms with Crippen LogP contribution in [0.15, 0.2) is 18.3 Å². The quantitative estimate of drug-likeness (QED) is 0.855. The van der Waals surface area contributed by atoms with Crippen molar-refractivity contribution in [2.75, 3.05) is 13.6 Å². The molecule has 0 fully saturated rings. The Bertz CT molecular complexity index is 314. The lowest BCUT2D eigenvalue weighted by atomic mass is 10.2. The van der Waals surface area contributed by atoms with Crippen LogP contribution in [0.5, 0.6) is 0 Å². The number of carboxylic acids is 1. The van der Waals surface area contributed by atoms with E-state index in [1.807, 2.05) is 7.05 Å². The molecule has 5 heteroatoms. The topological polar surface area (TPSA) is 53.4 Å². The molecule has 4 nitrogen and oxygen atoms in total. The zero-order valence-electron chi connectivity index (χ0n) is 8.80. The lowest BCUT2D eigenvalue weighted by molar-refractivity contribution is 0.0696. The molecule has 0 aromatic carbocycles. The van der Waals surface area contributed by atoms with Crippen molar-refractivity contribution >= 4 is 18.4 Å². The summed E-state index contributed by atoms with van der Waals surface area (Å²) in [4.78, 5) is 16.7. The fourth-order valence-electron chi connectivity index (χ4n) is 1.03. The average Bonchev–Trinajstić information content (AvgIpc) is 2.18. The molecule has 1 aromatic rings. The molecule has 0 atom stereocenters. The van der Waals surface area contributed by atoms with Gasteiger partial charge in [-0.3, -0.25) is 4.98 Å². The molecule has 0 aliphatic carbocycles. The Hall–Kier alpha value is -1.13. The second kappa shape index (κ2) is 6.37. The van der Waals surface area contributed by atoms with Gasteiger partial charge in [-0.2, -0.15) is 0 Å². The molecule has 0 saturated heterocycles. The predicted molar refractivity (Wildman–Crippen MR) is 60.5 cm³/mol. The maximum absolute atomic E-state index is 10.5. The smallest absolute Gasteiger partial charge is 0.337 e. The van der Waals surface area contributed by atoms with Gasteiger partial charge in [0.1, 0.15) is 0 Å². The highest BCUT2D eigenvalue weighted by atomic mass is 35.5. The molecule has 1 rings (SSSR count). The number of rotatable bonds is 4. The molecule has 0 spiro atoms. The molecule has 15 heavy (non-hydrogen) atoms. The maximum Gasteiger partial charge on any atom is 0.337 e. The van der Waals surface area contributed by atoms with E-state index in [2.05, 4.69) is 16.8 Å². The minimum atomic E-state index is -0.937. The van der Waals surface area contributed by atoms with Crippen LogP contribution in [0.1, 0.15) is 23.0 Å². The zero-order chi connectivity index (χ0) is 10.6. The van der Waals surface area contributed by atoms with E-state index >= 15 is 0 Å². The van der Waals surface area contributed by atoms with Crippen LogP contribution in [0.3, 0.4) is 0 Å². The highest BCUT2D eigenvalue weighted by Gasteiger charge is 2.03. The molecule has 0 saturated carbocycles. The van der Waals surface area contributed by atoms with Gasteiger partial charge in [-0.1, -0.05) is 6.92 Å². The first-order valence-electron chi connectivity index (χ1n) is 4.50. The van der Waals surface area contributed by atoms with Crippen molar-refractivity contribution in [3.63, 3.8) is 0 Å². The van der Waals surface area contributed by atoms with Gasteiger partial charge in [0.05, 0.1) is 11.3 Å². The van der Waals surface area contributed by atoms with Crippen LogP contribution < -0.4 is 0 Å². The third-order valence-electron chi connectivity index (χ3n) is 2.04. The number of hydrogen-bond acceptors (Lipinski definition) is 3. The van der Waals surface area contributed by atoms with Crippen LogP contribution in [0.25, 0.3) is 0 Å². The second-order valence-corrected chi connectivity index (χ2v) is 3.17. The van der Waals surface area contributed by atoms with E-state index in [0.717, 1.165) is 18.8 Å². The summed E-state index contributed by atoms with van der Waals surface area (Å²) in [5, 5.41) is 8.65. The summed E-state index contributed by atoms with van der Waals surface area (Å²) in [5.74, 6) is -0.937. The first-order valence-corrected chi connectivity index (χ1v) is 4.50. The Labute approximate surface area is 95.3 Å². The molecular weight excluding hydrogens is 216 g/mol. The Morgan fingerprint density at radius 1 is 1.53 bits per heavy atom. The fourth-order valence-corrected chi connectivity index (χ4v) is 1.03. The van der Waals surface area contributed by atoms with E-state index in [4.69, 9.17) is 5.11 Å². The van der Waals surface area contributed by atoms with Gasteiger partial charge in [0, 0.05) is 12.7 Å². The van der Waals surface area contributed by atoms with E-state index in [9.17, 15) is 4.79 Å². The van der Waals surface area contributed by atoms with Gasteiger partial charge in [0.25, 0.3) is 0 Å². The molecule has 1 heterocycles. The summed E-state index contributed by atoms with van der Waals surface area (Å²) < 4.78 is 0. The lowest BCUT2D eigenvalue weighted by Crippen LogP contribution is -2.17. The van der Waals surface area contributed by atoms with Crippen molar-refractivity contribution < 1.29 is 9.90 Å². The number of pyridine rings is 1. The average molecular weight is 231 g/mol. The largest absolute Gasteiger partial charge is 0.478 e. The van der Waals surface area contributed by atoms with Crippen LogP contribution >= 0.6 is 12.4 Å². The molecule has 1 aromatic heterocycles. The fraction of sp³-hybridized carbons (Fsp3) is 0.400. The Morgan fingerprint density at radius 2 is 2.20 bits per heavy atom. The number of aromatic nitrogens is 1. The molecule has 84 valence electrons. The van der Waals surface area contributed by atoms with Gasteiger partial charge in [-0.25, -0.2) is 4.79 Å². The van der Waals surface area contributed by atoms with Crippen LogP contribution in [-0.4, -0.2) is 34.6 Å². The van der Waals surface area contributed by atoms with Crippen molar-refractivity contribution in [3.05, 3.63) is 29.6 Å². The number of hydrogen-bond donors (Lipinski definition) is 1. The van der Waals surface area contributed by atoms with Gasteiger partial charge in [0.2, 0.25) is 0 Å². The monoisotopic (exact) mass is 230 g/mol. The van der Waals surface area contributed by atoms with E-state index < -0.39 is 5.97 Å². The van der Waals surface area contributed by atoms with Crippen LogP contribution in [0.4, 0.5) is 0 Å². The van der Waals surface area contributed by atoms with Gasteiger partial charge < -0.3 is 10.0 Å². The van der Waals surface area contributed by atoms with Gasteiger partial charge in [0.15, 0.2) is 0 Å². The van der Waals surface area contributed by atoms with Gasteiger partial charge >= 0.3 is 5.97 Å². The zero-order valence-corrected chi connectivity index (χ0v) is 9.62. The molecule has 0 unspecified atom stereocenters. The van der Waals surface area contributed by atoms with Crippen LogP contribution in [-0.2, 0) is 6.54 Å². The molecule has 1 N–H and O–H groups in total. The summed E-state index contributed by atoms with van der Waals surface area (Å²) in [5.41, 5.74) is 1.12. The van der Waals surface area contributed by atoms with Crippen molar-refractivity contribution in [2.24, 2.45) is 0 Å². The summed E-state index contributed by atoms with van der Waals surface area (Å²) in [7, 11) is 1.99. The number of halogens is 1. The van der Waals surface area contributed by atoms with Gasteiger partial charge in [-0.05, 0) is 25.7 Å². The summed E-state index contributed by atoms with van der Waals surface area (Å²) in [6, 6.07) is 3.32. The first kappa shape index (κ1) is 13.9. The van der Waals surface area contributed by atoms with Crippen molar-refractivity contribution in [1.82, 2.24) is 9.88 Å². The number of carbonyl (C=O) groups is 1. The predicted octanol–water partition coefficient (Wildman–Crippen LogP) is 1.65. The molecule has 0 amide bonds. The van der Waals surface area contributed by atoms with E-state index in [0.29, 0.717) is 0 Å². The van der Waals surface area contributed by atoms with Crippen molar-refractivity contribution in [2.45, 2.75) is 13.5 Å². The Kier molecular flexibility index (Phi) is 5.89. The van der Waals surface area contributed by atoms with E-state index in [-0.39, 0.29) is 18.0 Å². The third kappa shape index (κ3) is 4.27. The normalized spacial score (nSPS) is 9.80. The van der Waals surface area contributed by atoms with E-state index in [1.54, 1.807) is 12.1 Å². The number of aromatic carboxylic acids is 1. The lowest BCUT2D eigenvalue weighted by Gasteiger charge is -2.12. The molecule has 0 aliphatic heterocycles. The van der Waals surface area contributed by atoms with Gasteiger partial charge in [-0.15, -0.1) is 12.4 Å². The van der Waals surface area contributed by atoms with Crippen molar-refractivity contribution in [1.29, 1.82) is 0 Å². The molecule has 0 bridgehead atoms. The van der Waals surface area contributed by atoms with Crippen molar-refractivity contribution in [3.8, 4) is 0 Å². The number of carboxylic acid groups (broad SMARTS) is 1. The minimum Gasteiger partial charge on any atom is -0.478 e. The highest BCUT2D eigenvalue weighted by Crippen LogP contribution is 2.02.